The second-order valence-corrected chi connectivity index (χ2v) is 10.2. The Morgan fingerprint density at radius 2 is 1.86 bits per heavy atom. The van der Waals surface area contributed by atoms with Gasteiger partial charge in [-0.3, -0.25) is 4.99 Å². The number of guanidine groups is 1. The molecule has 1 unspecified atom stereocenters. The molecule has 0 aliphatic carbocycles. The summed E-state index contributed by atoms with van der Waals surface area (Å²) in [6, 6.07) is 17.5. The predicted molar refractivity (Wildman–Crippen MR) is 132 cm³/mol. The van der Waals surface area contributed by atoms with Crippen LogP contribution in [0.4, 0.5) is 0 Å². The summed E-state index contributed by atoms with van der Waals surface area (Å²) in [4.78, 5) is 8.40. The average molecular weight is 546 g/mol. The van der Waals surface area contributed by atoms with Crippen LogP contribution in [-0.2, 0) is 16.4 Å². The van der Waals surface area contributed by atoms with Crippen molar-refractivity contribution in [2.45, 2.75) is 22.8 Å². The topological polar surface area (TPSA) is 61.8 Å². The monoisotopic (exact) mass is 545 g/mol. The van der Waals surface area contributed by atoms with Gasteiger partial charge in [0.05, 0.1) is 4.90 Å². The molecule has 2 aromatic rings. The smallest absolute Gasteiger partial charge is 0.193 e. The molecule has 1 aliphatic rings. The summed E-state index contributed by atoms with van der Waals surface area (Å²) in [6.07, 6.45) is 2.39. The Morgan fingerprint density at radius 3 is 2.48 bits per heavy atom. The van der Waals surface area contributed by atoms with Crippen LogP contribution < -0.4 is 5.32 Å². The molecule has 1 N–H and O–H groups in total. The van der Waals surface area contributed by atoms with E-state index in [2.05, 4.69) is 39.5 Å². The van der Waals surface area contributed by atoms with Gasteiger partial charge in [-0.05, 0) is 42.2 Å². The van der Waals surface area contributed by atoms with Gasteiger partial charge in [-0.25, -0.2) is 8.42 Å². The normalized spacial score (nSPS) is 17.1. The van der Waals surface area contributed by atoms with Gasteiger partial charge in [0.25, 0.3) is 0 Å². The van der Waals surface area contributed by atoms with E-state index in [-0.39, 0.29) is 24.0 Å². The third-order valence-electron chi connectivity index (χ3n) is 4.83. The summed E-state index contributed by atoms with van der Waals surface area (Å²) in [5.74, 6) is 2.67. The summed E-state index contributed by atoms with van der Waals surface area (Å²) >= 11 is 1.92. The molecule has 8 heteroatoms. The van der Waals surface area contributed by atoms with E-state index in [0.29, 0.717) is 17.4 Å². The van der Waals surface area contributed by atoms with Crippen molar-refractivity contribution < 1.29 is 8.42 Å². The zero-order valence-electron chi connectivity index (χ0n) is 16.7. The lowest BCUT2D eigenvalue weighted by molar-refractivity contribution is 0.474. The number of aliphatic imine (C=N–C) groups is 1. The van der Waals surface area contributed by atoms with Gasteiger partial charge < -0.3 is 10.2 Å². The fourth-order valence-corrected chi connectivity index (χ4v) is 4.94. The predicted octanol–water partition coefficient (Wildman–Crippen LogP) is 3.90. The molecule has 1 atom stereocenters. The van der Waals surface area contributed by atoms with Gasteiger partial charge in [0.2, 0.25) is 0 Å². The number of thioether (sulfide) groups is 1. The van der Waals surface area contributed by atoms with Crippen LogP contribution in [-0.4, -0.2) is 51.4 Å². The fourth-order valence-electron chi connectivity index (χ4n) is 3.26. The van der Waals surface area contributed by atoms with Crippen LogP contribution in [0.15, 0.2) is 69.4 Å². The number of sulfone groups is 1. The van der Waals surface area contributed by atoms with E-state index in [1.165, 1.54) is 17.6 Å². The van der Waals surface area contributed by atoms with E-state index in [1.807, 2.05) is 30.0 Å². The summed E-state index contributed by atoms with van der Waals surface area (Å²) in [5.41, 5.74) is 1.03. The number of nitrogens with zero attached hydrogens (tertiary/aromatic N) is 2. The Hall–Kier alpha value is -1.26. The minimum Gasteiger partial charge on any atom is -0.352 e. The van der Waals surface area contributed by atoms with Crippen LogP contribution in [0.1, 0.15) is 12.0 Å². The molecular weight excluding hydrogens is 517 g/mol. The van der Waals surface area contributed by atoms with Gasteiger partial charge in [0, 0.05) is 43.6 Å². The number of hydrogen-bond acceptors (Lipinski definition) is 4. The van der Waals surface area contributed by atoms with Crippen molar-refractivity contribution in [2.75, 3.05) is 32.1 Å². The molecule has 0 amide bonds. The molecule has 1 heterocycles. The zero-order valence-corrected chi connectivity index (χ0v) is 20.7. The number of halogens is 1. The Bertz CT molecular complexity index is 903. The molecule has 1 fully saturated rings. The van der Waals surface area contributed by atoms with Crippen LogP contribution in [0.3, 0.4) is 0 Å². The quantitative estimate of drug-likeness (QED) is 0.258. The van der Waals surface area contributed by atoms with Crippen molar-refractivity contribution in [3.05, 3.63) is 60.2 Å². The minimum atomic E-state index is -3.15. The molecule has 0 spiro atoms. The van der Waals surface area contributed by atoms with E-state index < -0.39 is 9.84 Å². The summed E-state index contributed by atoms with van der Waals surface area (Å²) < 4.78 is 23.1. The molecule has 1 aliphatic heterocycles. The number of nitrogens with one attached hydrogen (secondary N) is 1. The molecule has 0 radical (unpaired) electrons. The first kappa shape index (κ1) is 24.0. The average Bonchev–Trinajstić information content (AvgIpc) is 3.16. The molecule has 1 saturated heterocycles. The maximum absolute atomic E-state index is 11.6. The molecule has 158 valence electrons. The van der Waals surface area contributed by atoms with Gasteiger partial charge in [-0.15, -0.1) is 35.7 Å². The molecule has 3 rings (SSSR count). The highest BCUT2D eigenvalue weighted by molar-refractivity contribution is 14.0. The van der Waals surface area contributed by atoms with Crippen LogP contribution in [0.2, 0.25) is 0 Å². The Morgan fingerprint density at radius 1 is 1.17 bits per heavy atom. The lowest BCUT2D eigenvalue weighted by atomic mass is 10.2. The first-order valence-corrected chi connectivity index (χ1v) is 12.3. The second-order valence-electron chi connectivity index (χ2n) is 7.04. The van der Waals surface area contributed by atoms with Gasteiger partial charge in [-0.1, -0.05) is 30.3 Å². The lowest BCUT2D eigenvalue weighted by Gasteiger charge is -2.22. The van der Waals surface area contributed by atoms with E-state index in [0.717, 1.165) is 30.4 Å². The lowest BCUT2D eigenvalue weighted by Crippen LogP contribution is -2.39. The van der Waals surface area contributed by atoms with Crippen molar-refractivity contribution in [1.82, 2.24) is 10.2 Å². The standard InChI is InChI=1S/C21H27N3O2S2.HI/c1-22-21(23-14-17-8-10-20(11-9-17)28(2,25)26)24-13-12-18(15-24)16-27-19-6-4-3-5-7-19;/h3-11,18H,12-16H2,1-2H3,(H,22,23);1H. The van der Waals surface area contributed by atoms with Gasteiger partial charge in [0.15, 0.2) is 15.8 Å². The molecule has 5 nitrogen and oxygen atoms in total. The fraction of sp³-hybridized carbons (Fsp3) is 0.381. The third-order valence-corrected chi connectivity index (χ3v) is 7.20. The molecule has 0 bridgehead atoms. The van der Waals surface area contributed by atoms with Crippen LogP contribution in [0.25, 0.3) is 0 Å². The van der Waals surface area contributed by atoms with Gasteiger partial charge in [0.1, 0.15) is 0 Å². The highest BCUT2D eigenvalue weighted by Gasteiger charge is 2.24. The number of benzene rings is 2. The van der Waals surface area contributed by atoms with Crippen LogP contribution >= 0.6 is 35.7 Å². The van der Waals surface area contributed by atoms with Crippen molar-refractivity contribution in [2.24, 2.45) is 10.9 Å². The Balaban J connectivity index is 0.00000300. The van der Waals surface area contributed by atoms with Crippen molar-refractivity contribution >= 4 is 51.5 Å². The first-order valence-electron chi connectivity index (χ1n) is 9.38. The largest absolute Gasteiger partial charge is 0.352 e. The molecule has 0 aromatic heterocycles. The SMILES string of the molecule is CN=C(NCc1ccc(S(C)(=O)=O)cc1)N1CCC(CSc2ccccc2)C1.I. The second kappa shape index (κ2) is 11.2. The molecular formula is C21H28IN3O2S2. The highest BCUT2D eigenvalue weighted by atomic mass is 127. The summed E-state index contributed by atoms with van der Waals surface area (Å²) in [6.45, 7) is 2.63. The molecule has 0 saturated carbocycles. The Kier molecular flexibility index (Phi) is 9.29. The number of rotatable bonds is 6. The number of hydrogen-bond donors (Lipinski definition) is 1. The van der Waals surface area contributed by atoms with Crippen LogP contribution in [0, 0.1) is 5.92 Å². The van der Waals surface area contributed by atoms with Crippen molar-refractivity contribution in [3.8, 4) is 0 Å². The van der Waals surface area contributed by atoms with Gasteiger partial charge in [-0.2, -0.15) is 0 Å². The number of likely N-dealkylation sites (tertiary alicyclic amines) is 1. The Labute approximate surface area is 195 Å². The van der Waals surface area contributed by atoms with Crippen LogP contribution in [0.5, 0.6) is 0 Å². The minimum absolute atomic E-state index is 0. The van der Waals surface area contributed by atoms with Crippen molar-refractivity contribution in [3.63, 3.8) is 0 Å². The van der Waals surface area contributed by atoms with Crippen molar-refractivity contribution in [1.29, 1.82) is 0 Å². The highest BCUT2D eigenvalue weighted by Crippen LogP contribution is 2.25. The van der Waals surface area contributed by atoms with E-state index in [1.54, 1.807) is 19.2 Å². The maximum atomic E-state index is 11.6. The molecule has 29 heavy (non-hydrogen) atoms. The summed E-state index contributed by atoms with van der Waals surface area (Å²) in [5, 5.41) is 3.40. The van der Waals surface area contributed by atoms with E-state index in [4.69, 9.17) is 0 Å². The van der Waals surface area contributed by atoms with Gasteiger partial charge >= 0.3 is 0 Å². The summed E-state index contributed by atoms with van der Waals surface area (Å²) in [7, 11) is -1.35. The third kappa shape index (κ3) is 7.18. The van der Waals surface area contributed by atoms with E-state index in [9.17, 15) is 8.42 Å². The van der Waals surface area contributed by atoms with E-state index >= 15 is 0 Å². The first-order chi connectivity index (χ1) is 13.5. The zero-order chi connectivity index (χ0) is 20.0. The molecule has 2 aromatic carbocycles. The maximum Gasteiger partial charge on any atom is 0.193 e.